The number of carbonyl (C=O) groups excluding carboxylic acids is 2. The van der Waals surface area contributed by atoms with Gasteiger partial charge in [-0.3, -0.25) is 9.59 Å². The molecular weight excluding hydrogens is 605 g/mol. The minimum Gasteiger partial charge on any atom is -0.484 e. The third-order valence-electron chi connectivity index (χ3n) is 6.08. The first kappa shape index (κ1) is 29.8. The molecule has 0 spiro atoms. The van der Waals surface area contributed by atoms with E-state index in [-0.39, 0.29) is 18.4 Å². The molecule has 5 rings (SSSR count). The number of hydrazone groups is 1. The molecule has 5 aromatic rings. The van der Waals surface area contributed by atoms with Crippen molar-refractivity contribution < 1.29 is 14.3 Å². The third-order valence-corrected chi connectivity index (χ3v) is 7.58. The lowest BCUT2D eigenvalue weighted by Gasteiger charge is -2.08. The normalized spacial score (nSPS) is 10.9. The van der Waals surface area contributed by atoms with E-state index in [0.717, 1.165) is 27.6 Å². The van der Waals surface area contributed by atoms with Gasteiger partial charge in [0, 0.05) is 27.9 Å². The fraction of sp³-hybridized carbons (Fsp3) is 0.0625. The van der Waals surface area contributed by atoms with Crippen molar-refractivity contribution in [2.24, 2.45) is 5.10 Å². The Hall–Kier alpha value is -4.70. The molecule has 216 valence electrons. The second-order valence-electron chi connectivity index (χ2n) is 9.34. The fourth-order valence-electron chi connectivity index (χ4n) is 3.82. The summed E-state index contributed by atoms with van der Waals surface area (Å²) < 4.78 is 5.53. The quantitative estimate of drug-likeness (QED) is 0.107. The number of amides is 2. The molecule has 1 aromatic heterocycles. The van der Waals surface area contributed by atoms with Crippen molar-refractivity contribution in [3.05, 3.63) is 123 Å². The highest BCUT2D eigenvalue weighted by atomic mass is 35.5. The van der Waals surface area contributed by atoms with E-state index in [1.165, 1.54) is 23.1 Å². The molecule has 0 saturated heterocycles. The number of aryl methyl sites for hydroxylation is 1. The standard InChI is InChI=1S/C32H25Cl2N5O3S/c1-20-2-10-24(11-3-20)37-32-38-29(19-43-32)22-6-8-23(9-7-22)31(41)39-35-17-21-4-13-26(14-5-21)42-18-30(40)36-25-12-15-27(33)28(34)16-25/h2-17,19H,18H2,1H3,(H,36,40)(H,37,38)(H,39,41)/b35-17+. The Morgan fingerprint density at radius 2 is 1.63 bits per heavy atom. The number of hydrogen-bond acceptors (Lipinski definition) is 7. The summed E-state index contributed by atoms with van der Waals surface area (Å²) in [4.78, 5) is 29.4. The highest BCUT2D eigenvalue weighted by Gasteiger charge is 2.09. The van der Waals surface area contributed by atoms with E-state index in [1.54, 1.807) is 54.6 Å². The smallest absolute Gasteiger partial charge is 0.271 e. The summed E-state index contributed by atoms with van der Waals surface area (Å²) in [6, 6.07) is 27.0. The zero-order valence-corrected chi connectivity index (χ0v) is 25.1. The van der Waals surface area contributed by atoms with Crippen molar-refractivity contribution in [1.29, 1.82) is 0 Å². The van der Waals surface area contributed by atoms with Crippen LogP contribution in [-0.2, 0) is 4.79 Å². The molecule has 43 heavy (non-hydrogen) atoms. The largest absolute Gasteiger partial charge is 0.484 e. The maximum atomic E-state index is 12.6. The van der Waals surface area contributed by atoms with Gasteiger partial charge < -0.3 is 15.4 Å². The van der Waals surface area contributed by atoms with Crippen LogP contribution in [0.15, 0.2) is 101 Å². The first-order chi connectivity index (χ1) is 20.8. The van der Waals surface area contributed by atoms with Gasteiger partial charge in [0.05, 0.1) is 22.0 Å². The number of nitrogens with one attached hydrogen (secondary N) is 3. The Balaban J connectivity index is 1.08. The Labute approximate surface area is 262 Å². The monoisotopic (exact) mass is 629 g/mol. The second kappa shape index (κ2) is 14.0. The Kier molecular flexibility index (Phi) is 9.68. The van der Waals surface area contributed by atoms with Crippen LogP contribution in [0.5, 0.6) is 5.75 Å². The number of aromatic nitrogens is 1. The van der Waals surface area contributed by atoms with E-state index >= 15 is 0 Å². The Morgan fingerprint density at radius 3 is 2.35 bits per heavy atom. The van der Waals surface area contributed by atoms with Gasteiger partial charge in [-0.1, -0.05) is 53.0 Å². The number of benzene rings is 4. The van der Waals surface area contributed by atoms with Crippen molar-refractivity contribution in [3.63, 3.8) is 0 Å². The second-order valence-corrected chi connectivity index (χ2v) is 11.0. The van der Waals surface area contributed by atoms with E-state index in [2.05, 4.69) is 26.1 Å². The third kappa shape index (κ3) is 8.42. The number of anilines is 3. The van der Waals surface area contributed by atoms with Crippen molar-refractivity contribution in [2.45, 2.75) is 6.92 Å². The van der Waals surface area contributed by atoms with Crippen LogP contribution < -0.4 is 20.8 Å². The SMILES string of the molecule is Cc1ccc(Nc2nc(-c3ccc(C(=O)N/N=C/c4ccc(OCC(=O)Nc5ccc(Cl)c(Cl)c5)cc4)cc3)cs2)cc1. The van der Waals surface area contributed by atoms with Crippen molar-refractivity contribution in [2.75, 3.05) is 17.2 Å². The van der Waals surface area contributed by atoms with Gasteiger partial charge in [-0.25, -0.2) is 10.4 Å². The summed E-state index contributed by atoms with van der Waals surface area (Å²) in [5.41, 5.74) is 8.16. The highest BCUT2D eigenvalue weighted by Crippen LogP contribution is 2.28. The fourth-order valence-corrected chi connectivity index (χ4v) is 4.85. The topological polar surface area (TPSA) is 105 Å². The van der Waals surface area contributed by atoms with Crippen molar-refractivity contribution in [1.82, 2.24) is 10.4 Å². The van der Waals surface area contributed by atoms with E-state index in [4.69, 9.17) is 27.9 Å². The molecule has 0 aliphatic rings. The lowest BCUT2D eigenvalue weighted by Crippen LogP contribution is -2.20. The summed E-state index contributed by atoms with van der Waals surface area (Å²) in [5, 5.41) is 13.6. The van der Waals surface area contributed by atoms with Crippen molar-refractivity contribution >= 4 is 69.1 Å². The molecule has 0 radical (unpaired) electrons. The predicted octanol–water partition coefficient (Wildman–Crippen LogP) is 7.95. The van der Waals surface area contributed by atoms with Crippen LogP contribution in [-0.4, -0.2) is 29.6 Å². The summed E-state index contributed by atoms with van der Waals surface area (Å²) in [6.45, 7) is 1.86. The van der Waals surface area contributed by atoms with Crippen LogP contribution in [0.2, 0.25) is 10.0 Å². The van der Waals surface area contributed by atoms with Crippen LogP contribution in [0.4, 0.5) is 16.5 Å². The zero-order chi connectivity index (χ0) is 30.2. The van der Waals surface area contributed by atoms with Gasteiger partial charge >= 0.3 is 0 Å². The molecule has 0 atom stereocenters. The van der Waals surface area contributed by atoms with Crippen LogP contribution in [0.25, 0.3) is 11.3 Å². The van der Waals surface area contributed by atoms with Gasteiger partial charge in [-0.2, -0.15) is 5.10 Å². The number of halogens is 2. The molecule has 0 unspecified atom stereocenters. The van der Waals surface area contributed by atoms with Gasteiger partial charge in [-0.05, 0) is 79.2 Å². The number of thiazole rings is 1. The first-order valence-electron chi connectivity index (χ1n) is 13.0. The van der Waals surface area contributed by atoms with Gasteiger partial charge in [0.25, 0.3) is 11.8 Å². The van der Waals surface area contributed by atoms with Crippen LogP contribution in [0.3, 0.4) is 0 Å². The molecule has 0 bridgehead atoms. The molecule has 2 amide bonds. The summed E-state index contributed by atoms with van der Waals surface area (Å²) in [7, 11) is 0. The Bertz CT molecular complexity index is 1760. The van der Waals surface area contributed by atoms with Gasteiger partial charge in [0.15, 0.2) is 11.7 Å². The summed E-state index contributed by atoms with van der Waals surface area (Å²) >= 11 is 13.4. The maximum absolute atomic E-state index is 12.6. The lowest BCUT2D eigenvalue weighted by atomic mass is 10.1. The Morgan fingerprint density at radius 1 is 0.907 bits per heavy atom. The van der Waals surface area contributed by atoms with E-state index in [1.807, 2.05) is 48.7 Å². The minimum atomic E-state index is -0.341. The summed E-state index contributed by atoms with van der Waals surface area (Å²) in [6.07, 6.45) is 1.52. The van der Waals surface area contributed by atoms with Crippen LogP contribution in [0, 0.1) is 6.92 Å². The molecule has 3 N–H and O–H groups in total. The van der Waals surface area contributed by atoms with Crippen LogP contribution in [0.1, 0.15) is 21.5 Å². The molecule has 0 aliphatic carbocycles. The molecule has 0 fully saturated rings. The lowest BCUT2D eigenvalue weighted by molar-refractivity contribution is -0.118. The minimum absolute atomic E-state index is 0.184. The average Bonchev–Trinajstić information content (AvgIpc) is 3.48. The number of carbonyl (C=O) groups is 2. The number of rotatable bonds is 10. The maximum Gasteiger partial charge on any atom is 0.271 e. The highest BCUT2D eigenvalue weighted by molar-refractivity contribution is 7.14. The zero-order valence-electron chi connectivity index (χ0n) is 22.8. The van der Waals surface area contributed by atoms with E-state index < -0.39 is 0 Å². The molecule has 8 nitrogen and oxygen atoms in total. The number of nitrogens with zero attached hydrogens (tertiary/aromatic N) is 2. The predicted molar refractivity (Wildman–Crippen MR) is 174 cm³/mol. The summed E-state index contributed by atoms with van der Waals surface area (Å²) in [5.74, 6) is -0.175. The van der Waals surface area contributed by atoms with Crippen LogP contribution >= 0.6 is 34.5 Å². The average molecular weight is 631 g/mol. The van der Waals surface area contributed by atoms with Gasteiger partial charge in [0.1, 0.15) is 5.75 Å². The molecular formula is C32H25Cl2N5O3S. The number of ether oxygens (including phenoxy) is 1. The van der Waals surface area contributed by atoms with E-state index in [9.17, 15) is 9.59 Å². The number of hydrogen-bond donors (Lipinski definition) is 3. The van der Waals surface area contributed by atoms with E-state index in [0.29, 0.717) is 27.0 Å². The molecule has 0 aliphatic heterocycles. The molecule has 1 heterocycles. The molecule has 0 saturated carbocycles. The van der Waals surface area contributed by atoms with Crippen molar-refractivity contribution in [3.8, 4) is 17.0 Å². The molecule has 11 heteroatoms. The first-order valence-corrected chi connectivity index (χ1v) is 14.7. The van der Waals surface area contributed by atoms with Gasteiger partial charge in [0.2, 0.25) is 0 Å². The molecule has 4 aromatic carbocycles. The van der Waals surface area contributed by atoms with Gasteiger partial charge in [-0.15, -0.1) is 11.3 Å².